The molecule has 1 amide bonds. The first kappa shape index (κ1) is 17.2. The molecule has 0 aromatic heterocycles. The highest BCUT2D eigenvalue weighted by Gasteiger charge is 2.66. The second-order valence-corrected chi connectivity index (χ2v) is 14.0. The van der Waals surface area contributed by atoms with Crippen molar-refractivity contribution in [3.8, 4) is 0 Å². The largest absolute Gasteiger partial charge is 0.440 e. The van der Waals surface area contributed by atoms with Gasteiger partial charge in [0.2, 0.25) is 0 Å². The second kappa shape index (κ2) is 5.20. The number of carbonyl (C=O) groups excluding carboxylic acids is 1. The van der Waals surface area contributed by atoms with Gasteiger partial charge in [-0.1, -0.05) is 27.2 Å². The Morgan fingerprint density at radius 3 is 2.39 bits per heavy atom. The van der Waals surface area contributed by atoms with Crippen molar-refractivity contribution in [1.82, 2.24) is 5.32 Å². The van der Waals surface area contributed by atoms with Crippen molar-refractivity contribution in [3.63, 3.8) is 0 Å². The van der Waals surface area contributed by atoms with Crippen LogP contribution in [0.15, 0.2) is 0 Å². The van der Waals surface area contributed by atoms with Crippen molar-refractivity contribution in [2.75, 3.05) is 13.2 Å². The van der Waals surface area contributed by atoms with E-state index < -0.39 is 13.9 Å². The highest BCUT2D eigenvalue weighted by Crippen LogP contribution is 2.49. The maximum Gasteiger partial charge on any atom is 0.408 e. The summed E-state index contributed by atoms with van der Waals surface area (Å²) in [6, 6.07) is 0. The molecule has 0 aromatic carbocycles. The SMILES string of the molecule is CC(C)(C)[Si](C)(C)OC[C@]1(C2CCC2)NC(=O)O[C@@H]1[C@@]1(C)CO1. The first-order valence-corrected chi connectivity index (χ1v) is 11.7. The molecule has 23 heavy (non-hydrogen) atoms. The third-order valence-corrected chi connectivity index (χ3v) is 11.0. The van der Waals surface area contributed by atoms with Gasteiger partial charge in [-0.25, -0.2) is 4.79 Å². The summed E-state index contributed by atoms with van der Waals surface area (Å²) in [5.74, 6) is 0.421. The molecule has 5 nitrogen and oxygen atoms in total. The first-order valence-electron chi connectivity index (χ1n) is 8.77. The lowest BCUT2D eigenvalue weighted by Crippen LogP contribution is -2.64. The molecule has 1 aliphatic carbocycles. The lowest BCUT2D eigenvalue weighted by Gasteiger charge is -2.47. The van der Waals surface area contributed by atoms with Gasteiger partial charge in [-0.2, -0.15) is 0 Å². The molecule has 2 heterocycles. The molecule has 3 aliphatic rings. The molecule has 3 rings (SSSR count). The van der Waals surface area contributed by atoms with Crippen LogP contribution in [0.4, 0.5) is 4.79 Å². The monoisotopic (exact) mass is 341 g/mol. The van der Waals surface area contributed by atoms with Crippen molar-refractivity contribution in [2.45, 2.75) is 82.3 Å². The van der Waals surface area contributed by atoms with Crippen LogP contribution in [0.2, 0.25) is 18.1 Å². The van der Waals surface area contributed by atoms with Crippen molar-refractivity contribution < 1.29 is 18.7 Å². The van der Waals surface area contributed by atoms with Gasteiger partial charge in [0.1, 0.15) is 11.1 Å². The minimum atomic E-state index is -1.89. The summed E-state index contributed by atoms with van der Waals surface area (Å²) in [5, 5.41) is 3.29. The zero-order chi connectivity index (χ0) is 17.1. The van der Waals surface area contributed by atoms with Gasteiger partial charge >= 0.3 is 6.09 Å². The van der Waals surface area contributed by atoms with Gasteiger partial charge in [-0.05, 0) is 43.8 Å². The van der Waals surface area contributed by atoms with Gasteiger partial charge in [0.05, 0.1) is 13.2 Å². The van der Waals surface area contributed by atoms with E-state index in [2.05, 4.69) is 39.2 Å². The van der Waals surface area contributed by atoms with Crippen LogP contribution in [0.3, 0.4) is 0 Å². The summed E-state index contributed by atoms with van der Waals surface area (Å²) >= 11 is 0. The molecule has 6 heteroatoms. The number of carbonyl (C=O) groups is 1. The van der Waals surface area contributed by atoms with Gasteiger partial charge in [0.15, 0.2) is 14.4 Å². The van der Waals surface area contributed by atoms with E-state index in [0.29, 0.717) is 19.1 Å². The minimum absolute atomic E-state index is 0.146. The van der Waals surface area contributed by atoms with Gasteiger partial charge in [0.25, 0.3) is 0 Å². The number of hydrogen-bond donors (Lipinski definition) is 1. The Hall–Kier alpha value is -0.593. The smallest absolute Gasteiger partial charge is 0.408 e. The van der Waals surface area contributed by atoms with Crippen LogP contribution in [0.5, 0.6) is 0 Å². The van der Waals surface area contributed by atoms with E-state index in [1.165, 1.54) is 6.42 Å². The van der Waals surface area contributed by atoms with Gasteiger partial charge in [-0.15, -0.1) is 0 Å². The molecular formula is C17H31NO4Si. The maximum absolute atomic E-state index is 12.1. The summed E-state index contributed by atoms with van der Waals surface area (Å²) in [6.07, 6.45) is 2.89. The third-order valence-electron chi connectivity index (χ3n) is 6.49. The molecule has 2 aliphatic heterocycles. The minimum Gasteiger partial charge on any atom is -0.440 e. The van der Waals surface area contributed by atoms with E-state index in [-0.39, 0.29) is 22.8 Å². The van der Waals surface area contributed by atoms with E-state index >= 15 is 0 Å². The summed E-state index contributed by atoms with van der Waals surface area (Å²) in [6.45, 7) is 14.4. The van der Waals surface area contributed by atoms with Crippen molar-refractivity contribution in [2.24, 2.45) is 5.92 Å². The number of cyclic esters (lactones) is 1. The highest BCUT2D eigenvalue weighted by molar-refractivity contribution is 6.74. The Bertz CT molecular complexity index is 493. The molecular weight excluding hydrogens is 310 g/mol. The standard InChI is InChI=1S/C17H31NO4Si/c1-15(2,3)23(5,6)21-11-17(12-8-7-9-12)13(16(4)10-20-16)22-14(19)18-17/h12-13H,7-11H2,1-6H3,(H,18,19)/t13-,16-,17-/m1/s1. The number of hydrogen-bond acceptors (Lipinski definition) is 4. The topological polar surface area (TPSA) is 60.1 Å². The molecule has 1 N–H and O–H groups in total. The molecule has 3 atom stereocenters. The van der Waals surface area contributed by atoms with Crippen LogP contribution >= 0.6 is 0 Å². The number of ether oxygens (including phenoxy) is 2. The lowest BCUT2D eigenvalue weighted by atomic mass is 9.66. The Morgan fingerprint density at radius 2 is 1.96 bits per heavy atom. The number of rotatable bonds is 5. The van der Waals surface area contributed by atoms with E-state index in [4.69, 9.17) is 13.9 Å². The fourth-order valence-corrected chi connectivity index (χ4v) is 4.45. The normalized spacial score (nSPS) is 38.0. The number of nitrogens with one attached hydrogen (secondary N) is 1. The Kier molecular flexibility index (Phi) is 3.90. The average molecular weight is 342 g/mol. The van der Waals surface area contributed by atoms with E-state index in [1.807, 2.05) is 6.92 Å². The molecule has 0 bridgehead atoms. The Labute approximate surface area is 140 Å². The van der Waals surface area contributed by atoms with Crippen molar-refractivity contribution in [1.29, 1.82) is 0 Å². The maximum atomic E-state index is 12.1. The predicted molar refractivity (Wildman–Crippen MR) is 91.0 cm³/mol. The quantitative estimate of drug-likeness (QED) is 0.615. The van der Waals surface area contributed by atoms with E-state index in [1.54, 1.807) is 0 Å². The molecule has 3 fully saturated rings. The number of amides is 1. The molecule has 1 saturated carbocycles. The molecule has 2 saturated heterocycles. The third kappa shape index (κ3) is 2.83. The second-order valence-electron chi connectivity index (χ2n) is 9.23. The van der Waals surface area contributed by atoms with Crippen LogP contribution in [0.25, 0.3) is 0 Å². The van der Waals surface area contributed by atoms with Gasteiger partial charge < -0.3 is 19.2 Å². The van der Waals surface area contributed by atoms with Crippen molar-refractivity contribution >= 4 is 14.4 Å². The molecule has 0 aromatic rings. The van der Waals surface area contributed by atoms with Crippen LogP contribution in [-0.2, 0) is 13.9 Å². The molecule has 0 spiro atoms. The lowest BCUT2D eigenvalue weighted by molar-refractivity contribution is -0.0215. The zero-order valence-electron chi connectivity index (χ0n) is 15.3. The summed E-state index contributed by atoms with van der Waals surface area (Å²) in [4.78, 5) is 12.1. The average Bonchev–Trinajstić information content (AvgIpc) is 2.99. The summed E-state index contributed by atoms with van der Waals surface area (Å²) in [7, 11) is -1.89. The molecule has 0 radical (unpaired) electrons. The van der Waals surface area contributed by atoms with Gasteiger partial charge in [0, 0.05) is 0 Å². The van der Waals surface area contributed by atoms with E-state index in [9.17, 15) is 4.79 Å². The van der Waals surface area contributed by atoms with Gasteiger partial charge in [-0.3, -0.25) is 0 Å². The van der Waals surface area contributed by atoms with Crippen LogP contribution < -0.4 is 5.32 Å². The summed E-state index contributed by atoms with van der Waals surface area (Å²) in [5.41, 5.74) is -0.790. The predicted octanol–water partition coefficient (Wildman–Crippen LogP) is 3.44. The Balaban J connectivity index is 1.84. The Morgan fingerprint density at radius 1 is 1.35 bits per heavy atom. The molecule has 0 unspecified atom stereocenters. The summed E-state index contributed by atoms with van der Waals surface area (Å²) < 4.78 is 17.8. The first-order chi connectivity index (χ1) is 10.5. The van der Waals surface area contributed by atoms with Crippen LogP contribution in [-0.4, -0.2) is 44.9 Å². The highest BCUT2D eigenvalue weighted by atomic mass is 28.4. The zero-order valence-corrected chi connectivity index (χ0v) is 16.3. The van der Waals surface area contributed by atoms with Crippen LogP contribution in [0, 0.1) is 5.92 Å². The number of alkyl carbamates (subject to hydrolysis) is 1. The van der Waals surface area contributed by atoms with Crippen LogP contribution in [0.1, 0.15) is 47.0 Å². The van der Waals surface area contributed by atoms with E-state index in [0.717, 1.165) is 12.8 Å². The fraction of sp³-hybridized carbons (Fsp3) is 0.941. The fourth-order valence-electron chi connectivity index (χ4n) is 3.42. The molecule has 132 valence electrons. The number of epoxide rings is 1. The van der Waals surface area contributed by atoms with Crippen molar-refractivity contribution in [3.05, 3.63) is 0 Å².